The highest BCUT2D eigenvalue weighted by Gasteiger charge is 2.38. The zero-order valence-electron chi connectivity index (χ0n) is 12.8. The maximum atomic E-state index is 12.7. The first-order valence-corrected chi connectivity index (χ1v) is 7.61. The molecule has 0 bridgehead atoms. The van der Waals surface area contributed by atoms with Crippen molar-refractivity contribution in [3.05, 3.63) is 47.1 Å². The fourth-order valence-corrected chi connectivity index (χ4v) is 2.99. The quantitative estimate of drug-likeness (QED) is 0.865. The van der Waals surface area contributed by atoms with Crippen LogP contribution in [0.3, 0.4) is 0 Å². The number of likely N-dealkylation sites (N-methyl/N-ethyl adjacent to an activating group) is 1. The van der Waals surface area contributed by atoms with Crippen LogP contribution in [0.5, 0.6) is 0 Å². The van der Waals surface area contributed by atoms with E-state index >= 15 is 0 Å². The minimum absolute atomic E-state index is 0.143. The van der Waals surface area contributed by atoms with E-state index in [0.29, 0.717) is 29.4 Å². The number of aryl methyl sites for hydroxylation is 1. The molecule has 1 fully saturated rings. The summed E-state index contributed by atoms with van der Waals surface area (Å²) < 4.78 is 5.06. The van der Waals surface area contributed by atoms with Crippen LogP contribution < -0.4 is 4.90 Å². The third-order valence-electron chi connectivity index (χ3n) is 4.06. The van der Waals surface area contributed by atoms with Gasteiger partial charge in [-0.1, -0.05) is 23.7 Å². The van der Waals surface area contributed by atoms with Crippen molar-refractivity contribution in [2.75, 3.05) is 18.5 Å². The summed E-state index contributed by atoms with van der Waals surface area (Å²) in [5.74, 6) is -0.0269. The normalized spacial score (nSPS) is 17.6. The molecule has 1 aliphatic heterocycles. The topological polar surface area (TPSA) is 66.7 Å². The molecule has 3 rings (SSSR count). The van der Waals surface area contributed by atoms with Gasteiger partial charge < -0.3 is 14.2 Å². The first-order chi connectivity index (χ1) is 11.0. The van der Waals surface area contributed by atoms with E-state index in [0.717, 1.165) is 0 Å². The van der Waals surface area contributed by atoms with E-state index in [-0.39, 0.29) is 17.5 Å². The van der Waals surface area contributed by atoms with E-state index in [2.05, 4.69) is 4.98 Å². The highest BCUT2D eigenvalue weighted by atomic mass is 35.5. The number of benzene rings is 1. The zero-order valence-corrected chi connectivity index (χ0v) is 13.6. The first kappa shape index (κ1) is 15.6. The second-order valence-electron chi connectivity index (χ2n) is 5.42. The predicted molar refractivity (Wildman–Crippen MR) is 85.5 cm³/mol. The number of halogens is 1. The van der Waals surface area contributed by atoms with Gasteiger partial charge >= 0.3 is 0 Å². The lowest BCUT2D eigenvalue weighted by Gasteiger charge is -2.23. The Balaban J connectivity index is 1.80. The van der Waals surface area contributed by atoms with Crippen molar-refractivity contribution in [2.45, 2.75) is 19.4 Å². The van der Waals surface area contributed by atoms with Crippen LogP contribution in [0.4, 0.5) is 5.69 Å². The molecule has 1 atom stereocenters. The highest BCUT2D eigenvalue weighted by molar-refractivity contribution is 6.34. The predicted octanol–water partition coefficient (Wildman–Crippen LogP) is 2.51. The van der Waals surface area contributed by atoms with E-state index < -0.39 is 6.04 Å². The van der Waals surface area contributed by atoms with Gasteiger partial charge in [-0.15, -0.1) is 0 Å². The lowest BCUT2D eigenvalue weighted by Crippen LogP contribution is -2.43. The summed E-state index contributed by atoms with van der Waals surface area (Å²) in [6, 6.07) is 6.65. The largest absolute Gasteiger partial charge is 0.448 e. The van der Waals surface area contributed by atoms with Crippen LogP contribution in [0.15, 0.2) is 35.1 Å². The number of para-hydroxylation sites is 1. The Bertz CT molecular complexity index is 759. The Morgan fingerprint density at radius 3 is 2.83 bits per heavy atom. The van der Waals surface area contributed by atoms with Crippen LogP contribution in [-0.2, 0) is 4.79 Å². The molecule has 6 nitrogen and oxygen atoms in total. The van der Waals surface area contributed by atoms with E-state index in [9.17, 15) is 9.59 Å². The molecular formula is C16H16ClN3O3. The van der Waals surface area contributed by atoms with Gasteiger partial charge in [-0.2, -0.15) is 0 Å². The molecule has 2 heterocycles. The van der Waals surface area contributed by atoms with Crippen molar-refractivity contribution in [1.82, 2.24) is 9.88 Å². The molecule has 1 unspecified atom stereocenters. The molecule has 7 heteroatoms. The Kier molecular flexibility index (Phi) is 4.09. The number of rotatable bonds is 3. The second kappa shape index (κ2) is 6.04. The Morgan fingerprint density at radius 2 is 2.17 bits per heavy atom. The molecule has 0 saturated carbocycles. The summed E-state index contributed by atoms with van der Waals surface area (Å²) in [7, 11) is 1.61. The van der Waals surface area contributed by atoms with Crippen molar-refractivity contribution < 1.29 is 14.0 Å². The average Bonchev–Trinajstić information content (AvgIpc) is 3.12. The Hall–Kier alpha value is -2.34. The van der Waals surface area contributed by atoms with Gasteiger partial charge in [0.25, 0.3) is 5.91 Å². The number of amides is 2. The van der Waals surface area contributed by atoms with Gasteiger partial charge in [-0.05, 0) is 25.5 Å². The van der Waals surface area contributed by atoms with Crippen molar-refractivity contribution >= 4 is 29.1 Å². The van der Waals surface area contributed by atoms with Crippen molar-refractivity contribution in [3.8, 4) is 0 Å². The summed E-state index contributed by atoms with van der Waals surface area (Å²) in [6.07, 6.45) is 1.77. The van der Waals surface area contributed by atoms with Crippen LogP contribution in [0.1, 0.15) is 22.7 Å². The minimum Gasteiger partial charge on any atom is -0.448 e. The van der Waals surface area contributed by atoms with Crippen LogP contribution in [0, 0.1) is 6.92 Å². The SMILES string of the molecule is Cc1ocnc1C(=O)N(C)C1CCN(c2ccccc2Cl)C1=O. The third-order valence-corrected chi connectivity index (χ3v) is 4.38. The summed E-state index contributed by atoms with van der Waals surface area (Å²) in [5.41, 5.74) is 0.900. The summed E-state index contributed by atoms with van der Waals surface area (Å²) in [4.78, 5) is 32.1. The smallest absolute Gasteiger partial charge is 0.276 e. The molecule has 1 aromatic heterocycles. The molecule has 1 saturated heterocycles. The van der Waals surface area contributed by atoms with Gasteiger partial charge in [-0.3, -0.25) is 9.59 Å². The Labute approximate surface area is 138 Å². The second-order valence-corrected chi connectivity index (χ2v) is 5.83. The molecule has 0 radical (unpaired) electrons. The number of anilines is 1. The number of oxazole rings is 1. The van der Waals surface area contributed by atoms with Gasteiger partial charge in [-0.25, -0.2) is 4.98 Å². The van der Waals surface area contributed by atoms with Gasteiger partial charge in [0.05, 0.1) is 10.7 Å². The summed E-state index contributed by atoms with van der Waals surface area (Å²) in [5, 5.41) is 0.517. The van der Waals surface area contributed by atoms with Gasteiger partial charge in [0.2, 0.25) is 5.91 Å². The number of nitrogens with zero attached hydrogens (tertiary/aromatic N) is 3. The van der Waals surface area contributed by atoms with Crippen LogP contribution in [0.25, 0.3) is 0 Å². The number of hydrogen-bond donors (Lipinski definition) is 0. The van der Waals surface area contributed by atoms with Crippen molar-refractivity contribution in [1.29, 1.82) is 0 Å². The lowest BCUT2D eigenvalue weighted by atomic mass is 10.2. The standard InChI is InChI=1S/C16H16ClN3O3/c1-10-14(18-9-23-10)16(22)19(2)13-7-8-20(15(13)21)12-6-4-3-5-11(12)17/h3-6,9,13H,7-8H2,1-2H3. The maximum absolute atomic E-state index is 12.7. The molecule has 23 heavy (non-hydrogen) atoms. The van der Waals surface area contributed by atoms with Crippen LogP contribution in [0.2, 0.25) is 5.02 Å². The molecule has 2 aromatic rings. The number of aromatic nitrogens is 1. The molecule has 1 aromatic carbocycles. The molecule has 0 N–H and O–H groups in total. The fraction of sp³-hybridized carbons (Fsp3) is 0.312. The molecule has 0 spiro atoms. The molecule has 0 aliphatic carbocycles. The van der Waals surface area contributed by atoms with Gasteiger partial charge in [0.1, 0.15) is 11.8 Å². The highest BCUT2D eigenvalue weighted by Crippen LogP contribution is 2.30. The van der Waals surface area contributed by atoms with E-state index in [1.807, 2.05) is 12.1 Å². The third kappa shape index (κ3) is 2.70. The minimum atomic E-state index is -0.533. The van der Waals surface area contributed by atoms with Crippen molar-refractivity contribution in [3.63, 3.8) is 0 Å². The van der Waals surface area contributed by atoms with Gasteiger partial charge in [0.15, 0.2) is 12.1 Å². The van der Waals surface area contributed by atoms with E-state index in [1.165, 1.54) is 11.3 Å². The summed E-state index contributed by atoms with van der Waals surface area (Å²) in [6.45, 7) is 2.18. The number of carbonyl (C=O) groups is 2. The van der Waals surface area contributed by atoms with E-state index in [4.69, 9.17) is 16.0 Å². The van der Waals surface area contributed by atoms with Crippen LogP contribution in [-0.4, -0.2) is 41.3 Å². The summed E-state index contributed by atoms with van der Waals surface area (Å²) >= 11 is 6.16. The maximum Gasteiger partial charge on any atom is 0.276 e. The number of hydrogen-bond acceptors (Lipinski definition) is 4. The van der Waals surface area contributed by atoms with Crippen LogP contribution >= 0.6 is 11.6 Å². The lowest BCUT2D eigenvalue weighted by molar-refractivity contribution is -0.120. The Morgan fingerprint density at radius 1 is 1.43 bits per heavy atom. The number of carbonyl (C=O) groups excluding carboxylic acids is 2. The molecule has 2 amide bonds. The average molecular weight is 334 g/mol. The monoisotopic (exact) mass is 333 g/mol. The molecular weight excluding hydrogens is 318 g/mol. The van der Waals surface area contributed by atoms with Gasteiger partial charge in [0, 0.05) is 13.6 Å². The van der Waals surface area contributed by atoms with E-state index in [1.54, 1.807) is 31.0 Å². The van der Waals surface area contributed by atoms with Crippen molar-refractivity contribution in [2.24, 2.45) is 0 Å². The first-order valence-electron chi connectivity index (χ1n) is 7.24. The fourth-order valence-electron chi connectivity index (χ4n) is 2.75. The zero-order chi connectivity index (χ0) is 16.6. The molecule has 1 aliphatic rings. The molecule has 120 valence electrons.